The molecule has 3 N–H and O–H groups in total. The Morgan fingerprint density at radius 2 is 2.25 bits per heavy atom. The van der Waals surface area contributed by atoms with Crippen molar-refractivity contribution in [3.05, 3.63) is 22.6 Å². The minimum absolute atomic E-state index is 0.376. The summed E-state index contributed by atoms with van der Waals surface area (Å²) in [6.07, 6.45) is 0. The molecular formula is C7H5BrFN3. The summed E-state index contributed by atoms with van der Waals surface area (Å²) >= 11 is 3.22. The third-order valence-electron chi connectivity index (χ3n) is 1.61. The largest absolute Gasteiger partial charge is 0.398 e. The van der Waals surface area contributed by atoms with Crippen molar-refractivity contribution in [3.63, 3.8) is 0 Å². The van der Waals surface area contributed by atoms with E-state index < -0.39 is 0 Å². The number of nitrogens with one attached hydrogen (secondary N) is 1. The van der Waals surface area contributed by atoms with Crippen molar-refractivity contribution in [1.29, 1.82) is 0 Å². The molecule has 2 aromatic rings. The molecule has 0 aliphatic rings. The molecule has 2 rings (SSSR count). The fraction of sp³-hybridized carbons (Fsp3) is 0. The Kier molecular flexibility index (Phi) is 1.54. The number of aromatic amines is 1. The van der Waals surface area contributed by atoms with E-state index in [0.717, 1.165) is 5.39 Å². The minimum Gasteiger partial charge on any atom is -0.398 e. The van der Waals surface area contributed by atoms with E-state index in [0.29, 0.717) is 15.8 Å². The first kappa shape index (κ1) is 7.54. The van der Waals surface area contributed by atoms with Gasteiger partial charge < -0.3 is 5.73 Å². The number of fused-ring (bicyclic) bond motifs is 1. The molecule has 0 bridgehead atoms. The molecule has 0 aliphatic carbocycles. The molecule has 12 heavy (non-hydrogen) atoms. The molecule has 1 heterocycles. The molecule has 5 heteroatoms. The Hall–Kier alpha value is -1.10. The van der Waals surface area contributed by atoms with Gasteiger partial charge in [0.1, 0.15) is 10.4 Å². The molecule has 0 saturated carbocycles. The second kappa shape index (κ2) is 2.45. The summed E-state index contributed by atoms with van der Waals surface area (Å²) in [7, 11) is 0. The van der Waals surface area contributed by atoms with Crippen LogP contribution in [0.1, 0.15) is 0 Å². The molecule has 1 aromatic heterocycles. The molecule has 62 valence electrons. The highest BCUT2D eigenvalue weighted by molar-refractivity contribution is 9.10. The number of rotatable bonds is 0. The van der Waals surface area contributed by atoms with Gasteiger partial charge in [0.15, 0.2) is 0 Å². The standard InChI is InChI=1S/C7H5BrFN3/c8-7-6-4(10)1-3(9)2-5(6)11-12-7/h1-2H,10H2,(H,11,12). The van der Waals surface area contributed by atoms with Crippen LogP contribution in [0, 0.1) is 5.82 Å². The average molecular weight is 230 g/mol. The first-order chi connectivity index (χ1) is 5.68. The zero-order chi connectivity index (χ0) is 8.72. The second-order valence-corrected chi connectivity index (χ2v) is 3.22. The highest BCUT2D eigenvalue weighted by atomic mass is 79.9. The Morgan fingerprint density at radius 3 is 3.00 bits per heavy atom. The molecule has 0 amide bonds. The van der Waals surface area contributed by atoms with Crippen LogP contribution in [0.25, 0.3) is 10.9 Å². The first-order valence-electron chi connectivity index (χ1n) is 3.27. The Bertz CT molecular complexity index is 437. The van der Waals surface area contributed by atoms with Gasteiger partial charge in [-0.2, -0.15) is 5.10 Å². The summed E-state index contributed by atoms with van der Waals surface area (Å²) < 4.78 is 13.4. The van der Waals surface area contributed by atoms with Crippen LogP contribution in [0.5, 0.6) is 0 Å². The molecule has 0 saturated heterocycles. The van der Waals surface area contributed by atoms with Crippen molar-refractivity contribution in [1.82, 2.24) is 10.2 Å². The fourth-order valence-corrected chi connectivity index (χ4v) is 1.63. The van der Waals surface area contributed by atoms with Crippen molar-refractivity contribution < 1.29 is 4.39 Å². The number of aromatic nitrogens is 2. The van der Waals surface area contributed by atoms with E-state index in [1.807, 2.05) is 0 Å². The number of nitrogens with two attached hydrogens (primary N) is 1. The molecule has 0 radical (unpaired) electrons. The van der Waals surface area contributed by atoms with E-state index in [9.17, 15) is 4.39 Å². The zero-order valence-corrected chi connectivity index (χ0v) is 7.52. The first-order valence-corrected chi connectivity index (χ1v) is 4.06. The highest BCUT2D eigenvalue weighted by Crippen LogP contribution is 2.27. The lowest BCUT2D eigenvalue weighted by Crippen LogP contribution is -1.87. The van der Waals surface area contributed by atoms with Crippen molar-refractivity contribution >= 4 is 32.5 Å². The molecule has 0 fully saturated rings. The Labute approximate surface area is 75.9 Å². The molecule has 3 nitrogen and oxygen atoms in total. The van der Waals surface area contributed by atoms with Gasteiger partial charge in [-0.3, -0.25) is 5.10 Å². The van der Waals surface area contributed by atoms with Crippen molar-refractivity contribution in [3.8, 4) is 0 Å². The van der Waals surface area contributed by atoms with Crippen LogP contribution in [0.2, 0.25) is 0 Å². The number of hydrogen-bond donors (Lipinski definition) is 2. The molecule has 0 spiro atoms. The van der Waals surface area contributed by atoms with E-state index in [1.165, 1.54) is 12.1 Å². The van der Waals surface area contributed by atoms with E-state index in [-0.39, 0.29) is 5.82 Å². The Balaban J connectivity index is 2.93. The summed E-state index contributed by atoms with van der Waals surface area (Å²) in [5, 5.41) is 7.23. The van der Waals surface area contributed by atoms with Crippen LogP contribution < -0.4 is 5.73 Å². The van der Waals surface area contributed by atoms with E-state index >= 15 is 0 Å². The second-order valence-electron chi connectivity index (χ2n) is 2.43. The maximum absolute atomic E-state index is 12.8. The van der Waals surface area contributed by atoms with E-state index in [1.54, 1.807) is 0 Å². The Morgan fingerprint density at radius 1 is 1.50 bits per heavy atom. The number of anilines is 1. The van der Waals surface area contributed by atoms with Crippen molar-refractivity contribution in [2.24, 2.45) is 0 Å². The van der Waals surface area contributed by atoms with Gasteiger partial charge in [0.25, 0.3) is 0 Å². The van der Waals surface area contributed by atoms with Crippen LogP contribution >= 0.6 is 15.9 Å². The SMILES string of the molecule is Nc1cc(F)cc2n[nH]c(Br)c12. The van der Waals surface area contributed by atoms with E-state index in [2.05, 4.69) is 26.1 Å². The zero-order valence-electron chi connectivity index (χ0n) is 5.94. The lowest BCUT2D eigenvalue weighted by atomic mass is 10.2. The van der Waals surface area contributed by atoms with Gasteiger partial charge in [-0.15, -0.1) is 0 Å². The summed E-state index contributed by atoms with van der Waals surface area (Å²) in [5.41, 5.74) is 6.48. The number of hydrogen-bond acceptors (Lipinski definition) is 2. The summed E-state index contributed by atoms with van der Waals surface area (Å²) in [4.78, 5) is 0. The maximum atomic E-state index is 12.8. The van der Waals surface area contributed by atoms with Gasteiger partial charge in [-0.1, -0.05) is 0 Å². The van der Waals surface area contributed by atoms with Gasteiger partial charge in [-0.05, 0) is 22.0 Å². The molecule has 0 atom stereocenters. The number of nitrogens with zero attached hydrogens (tertiary/aromatic N) is 1. The lowest BCUT2D eigenvalue weighted by Gasteiger charge is -1.95. The van der Waals surface area contributed by atoms with Crippen LogP contribution in [-0.4, -0.2) is 10.2 Å². The topological polar surface area (TPSA) is 54.7 Å². The summed E-state index contributed by atoms with van der Waals surface area (Å²) in [6.45, 7) is 0. The molecule has 0 unspecified atom stereocenters. The number of benzene rings is 1. The monoisotopic (exact) mass is 229 g/mol. The van der Waals surface area contributed by atoms with Gasteiger partial charge in [0.05, 0.1) is 10.9 Å². The number of H-pyrrole nitrogens is 1. The van der Waals surface area contributed by atoms with Crippen LogP contribution in [0.15, 0.2) is 16.7 Å². The highest BCUT2D eigenvalue weighted by Gasteiger charge is 2.07. The predicted octanol–water partition coefficient (Wildman–Crippen LogP) is 2.05. The number of nitrogen functional groups attached to an aromatic ring is 1. The average Bonchev–Trinajstić information content (AvgIpc) is 2.31. The van der Waals surface area contributed by atoms with Crippen molar-refractivity contribution in [2.45, 2.75) is 0 Å². The quantitative estimate of drug-likeness (QED) is 0.680. The molecule has 1 aromatic carbocycles. The minimum atomic E-state index is -0.376. The third kappa shape index (κ3) is 0.972. The normalized spacial score (nSPS) is 10.8. The summed E-state index contributed by atoms with van der Waals surface area (Å²) in [5.74, 6) is -0.376. The van der Waals surface area contributed by atoms with E-state index in [4.69, 9.17) is 5.73 Å². The van der Waals surface area contributed by atoms with Crippen molar-refractivity contribution in [2.75, 3.05) is 5.73 Å². The lowest BCUT2D eigenvalue weighted by molar-refractivity contribution is 0.630. The summed E-state index contributed by atoms with van der Waals surface area (Å²) in [6, 6.07) is 2.59. The maximum Gasteiger partial charge on any atom is 0.127 e. The third-order valence-corrected chi connectivity index (χ3v) is 2.18. The van der Waals surface area contributed by atoms with Gasteiger partial charge >= 0.3 is 0 Å². The van der Waals surface area contributed by atoms with Crippen LogP contribution in [0.3, 0.4) is 0 Å². The van der Waals surface area contributed by atoms with Gasteiger partial charge in [0.2, 0.25) is 0 Å². The van der Waals surface area contributed by atoms with Gasteiger partial charge in [0, 0.05) is 11.8 Å². The number of halogens is 2. The fourth-order valence-electron chi connectivity index (χ4n) is 1.11. The predicted molar refractivity (Wildman–Crippen MR) is 48.2 cm³/mol. The molecule has 0 aliphatic heterocycles. The van der Waals surface area contributed by atoms with Gasteiger partial charge in [-0.25, -0.2) is 4.39 Å². The molecular weight excluding hydrogens is 225 g/mol. The van der Waals surface area contributed by atoms with Crippen LogP contribution in [0.4, 0.5) is 10.1 Å². The smallest absolute Gasteiger partial charge is 0.127 e. The van der Waals surface area contributed by atoms with Crippen LogP contribution in [-0.2, 0) is 0 Å².